The van der Waals surface area contributed by atoms with Crippen LogP contribution in [-0.4, -0.2) is 25.1 Å². The van der Waals surface area contributed by atoms with E-state index in [9.17, 15) is 9.59 Å². The zero-order chi connectivity index (χ0) is 12.7. The van der Waals surface area contributed by atoms with E-state index in [2.05, 4.69) is 0 Å². The first-order valence-electron chi connectivity index (χ1n) is 5.30. The van der Waals surface area contributed by atoms with Gasteiger partial charge in [0.15, 0.2) is 6.54 Å². The van der Waals surface area contributed by atoms with Crippen molar-refractivity contribution in [2.75, 3.05) is 18.2 Å². The van der Waals surface area contributed by atoms with Crippen LogP contribution in [0.4, 0.5) is 5.69 Å². The Morgan fingerprint density at radius 1 is 1.24 bits per heavy atom. The average Bonchev–Trinajstić information content (AvgIpc) is 2.29. The highest BCUT2D eigenvalue weighted by molar-refractivity contribution is 5.76. The van der Waals surface area contributed by atoms with Crippen molar-refractivity contribution in [3.05, 3.63) is 30.3 Å². The molecule has 0 heterocycles. The van der Waals surface area contributed by atoms with E-state index in [1.807, 2.05) is 6.07 Å². The summed E-state index contributed by atoms with van der Waals surface area (Å²) in [6, 6.07) is 8.89. The highest BCUT2D eigenvalue weighted by atomic mass is 16.7. The number of hydrogen-bond acceptors (Lipinski definition) is 5. The molecule has 17 heavy (non-hydrogen) atoms. The minimum Gasteiger partial charge on any atom is -0.465 e. The number of hydrogen-bond donors (Lipinski definition) is 0. The normalized spacial score (nSPS) is 9.53. The van der Waals surface area contributed by atoms with Crippen molar-refractivity contribution in [3.8, 4) is 0 Å². The van der Waals surface area contributed by atoms with Gasteiger partial charge in [-0.1, -0.05) is 18.2 Å². The van der Waals surface area contributed by atoms with E-state index < -0.39 is 11.9 Å². The summed E-state index contributed by atoms with van der Waals surface area (Å²) in [5.74, 6) is -0.934. The molecule has 0 aliphatic rings. The van der Waals surface area contributed by atoms with Crippen molar-refractivity contribution in [1.29, 1.82) is 0 Å². The third-order valence-corrected chi connectivity index (χ3v) is 1.86. The second-order valence-electron chi connectivity index (χ2n) is 3.26. The zero-order valence-electron chi connectivity index (χ0n) is 9.88. The summed E-state index contributed by atoms with van der Waals surface area (Å²) in [4.78, 5) is 27.3. The first-order valence-corrected chi connectivity index (χ1v) is 5.30. The summed E-state index contributed by atoms with van der Waals surface area (Å²) in [5, 5.41) is 1.21. The van der Waals surface area contributed by atoms with Crippen LogP contribution in [0.15, 0.2) is 30.3 Å². The summed E-state index contributed by atoms with van der Waals surface area (Å²) in [6.45, 7) is 3.16. The van der Waals surface area contributed by atoms with Gasteiger partial charge < -0.3 is 9.57 Å². The predicted molar refractivity (Wildman–Crippen MR) is 62.2 cm³/mol. The van der Waals surface area contributed by atoms with Crippen LogP contribution in [0.1, 0.15) is 13.8 Å². The molecular weight excluding hydrogens is 222 g/mol. The van der Waals surface area contributed by atoms with Gasteiger partial charge in [-0.2, -0.15) is 5.06 Å². The summed E-state index contributed by atoms with van der Waals surface area (Å²) < 4.78 is 4.80. The van der Waals surface area contributed by atoms with Gasteiger partial charge in [0.05, 0.1) is 12.3 Å². The molecule has 0 fully saturated rings. The molecule has 0 saturated heterocycles. The highest BCUT2D eigenvalue weighted by Crippen LogP contribution is 2.13. The fraction of sp³-hybridized carbons (Fsp3) is 0.333. The Bertz CT molecular complexity index is 377. The number of para-hydroxylation sites is 1. The quantitative estimate of drug-likeness (QED) is 0.574. The number of anilines is 1. The van der Waals surface area contributed by atoms with E-state index >= 15 is 0 Å². The summed E-state index contributed by atoms with van der Waals surface area (Å²) >= 11 is 0. The van der Waals surface area contributed by atoms with Gasteiger partial charge in [0.1, 0.15) is 0 Å². The minimum atomic E-state index is -0.488. The van der Waals surface area contributed by atoms with Crippen molar-refractivity contribution in [1.82, 2.24) is 0 Å². The molecule has 0 saturated carbocycles. The Morgan fingerprint density at radius 2 is 1.88 bits per heavy atom. The number of ether oxygens (including phenoxy) is 1. The third-order valence-electron chi connectivity index (χ3n) is 1.86. The van der Waals surface area contributed by atoms with E-state index in [0.717, 1.165) is 0 Å². The summed E-state index contributed by atoms with van der Waals surface area (Å²) in [7, 11) is 0. The van der Waals surface area contributed by atoms with Crippen LogP contribution in [0.25, 0.3) is 0 Å². The Labute approximate surface area is 99.9 Å². The maximum absolute atomic E-state index is 11.4. The molecule has 5 nitrogen and oxygen atoms in total. The third kappa shape index (κ3) is 4.55. The van der Waals surface area contributed by atoms with E-state index in [0.29, 0.717) is 12.3 Å². The largest absolute Gasteiger partial charge is 0.465 e. The number of carbonyl (C=O) groups excluding carboxylic acids is 2. The maximum Gasteiger partial charge on any atom is 0.329 e. The Balaban J connectivity index is 2.74. The fourth-order valence-electron chi connectivity index (χ4n) is 1.25. The van der Waals surface area contributed by atoms with Crippen LogP contribution in [0.5, 0.6) is 0 Å². The van der Waals surface area contributed by atoms with Gasteiger partial charge in [0.25, 0.3) is 0 Å². The van der Waals surface area contributed by atoms with Crippen molar-refractivity contribution in [2.45, 2.75) is 13.8 Å². The van der Waals surface area contributed by atoms with Gasteiger partial charge in [-0.3, -0.25) is 4.79 Å². The molecule has 0 aliphatic heterocycles. The Morgan fingerprint density at radius 3 is 2.41 bits per heavy atom. The smallest absolute Gasteiger partial charge is 0.329 e. The molecule has 0 bridgehead atoms. The molecule has 0 aromatic heterocycles. The average molecular weight is 237 g/mol. The van der Waals surface area contributed by atoms with Crippen LogP contribution in [0.2, 0.25) is 0 Å². The number of carbonyl (C=O) groups is 2. The van der Waals surface area contributed by atoms with E-state index in [-0.39, 0.29) is 6.54 Å². The van der Waals surface area contributed by atoms with Crippen LogP contribution in [-0.2, 0) is 19.2 Å². The molecular formula is C12H15NO4. The molecule has 1 rings (SSSR count). The molecule has 0 unspecified atom stereocenters. The molecule has 1 aromatic carbocycles. The van der Waals surface area contributed by atoms with E-state index in [1.54, 1.807) is 31.2 Å². The van der Waals surface area contributed by atoms with Crippen molar-refractivity contribution >= 4 is 17.6 Å². The summed E-state index contributed by atoms with van der Waals surface area (Å²) in [6.07, 6.45) is 0. The molecule has 0 aliphatic carbocycles. The zero-order valence-corrected chi connectivity index (χ0v) is 9.88. The van der Waals surface area contributed by atoms with Crippen molar-refractivity contribution in [2.24, 2.45) is 0 Å². The van der Waals surface area contributed by atoms with Crippen molar-refractivity contribution < 1.29 is 19.2 Å². The first-order chi connectivity index (χ1) is 8.13. The second-order valence-corrected chi connectivity index (χ2v) is 3.26. The second kappa shape index (κ2) is 6.52. The molecule has 0 atom stereocenters. The van der Waals surface area contributed by atoms with Gasteiger partial charge in [-0.05, 0) is 19.1 Å². The van der Waals surface area contributed by atoms with Gasteiger partial charge in [-0.25, -0.2) is 4.79 Å². The van der Waals surface area contributed by atoms with Crippen molar-refractivity contribution in [3.63, 3.8) is 0 Å². The molecule has 92 valence electrons. The van der Waals surface area contributed by atoms with Crippen LogP contribution >= 0.6 is 0 Å². The lowest BCUT2D eigenvalue weighted by molar-refractivity contribution is -0.147. The van der Waals surface area contributed by atoms with Crippen LogP contribution in [0, 0.1) is 0 Å². The minimum absolute atomic E-state index is 0.128. The van der Waals surface area contributed by atoms with Gasteiger partial charge in [0.2, 0.25) is 0 Å². The molecule has 0 spiro atoms. The highest BCUT2D eigenvalue weighted by Gasteiger charge is 2.15. The number of esters is 1. The fourth-order valence-corrected chi connectivity index (χ4v) is 1.25. The lowest BCUT2D eigenvalue weighted by Crippen LogP contribution is -2.32. The summed E-state index contributed by atoms with van der Waals surface area (Å²) in [5.41, 5.74) is 0.621. The number of hydroxylamine groups is 1. The number of nitrogens with zero attached hydrogens (tertiary/aromatic N) is 1. The standard InChI is InChI=1S/C12H15NO4/c1-3-16-12(15)9-13(17-10(2)14)11-7-5-4-6-8-11/h4-8H,3,9H2,1-2H3. The van der Waals surface area contributed by atoms with E-state index in [4.69, 9.17) is 9.57 Å². The first kappa shape index (κ1) is 13.0. The SMILES string of the molecule is CCOC(=O)CN(OC(C)=O)c1ccccc1. The maximum atomic E-state index is 11.4. The number of rotatable bonds is 5. The van der Waals surface area contributed by atoms with Gasteiger partial charge in [0, 0.05) is 6.92 Å². The molecule has 0 amide bonds. The van der Waals surface area contributed by atoms with E-state index in [1.165, 1.54) is 12.0 Å². The van der Waals surface area contributed by atoms with Gasteiger partial charge >= 0.3 is 11.9 Å². The predicted octanol–water partition coefficient (Wildman–Crippen LogP) is 1.53. The molecule has 0 N–H and O–H groups in total. The lowest BCUT2D eigenvalue weighted by Gasteiger charge is -2.21. The van der Waals surface area contributed by atoms with Crippen LogP contribution in [0.3, 0.4) is 0 Å². The molecule has 1 aromatic rings. The Hall–Kier alpha value is -2.04. The molecule has 5 heteroatoms. The Kier molecular flexibility index (Phi) is 5.00. The number of benzene rings is 1. The topological polar surface area (TPSA) is 55.8 Å². The van der Waals surface area contributed by atoms with Crippen LogP contribution < -0.4 is 5.06 Å². The van der Waals surface area contributed by atoms with Gasteiger partial charge in [-0.15, -0.1) is 0 Å². The molecule has 0 radical (unpaired) electrons. The monoisotopic (exact) mass is 237 g/mol. The lowest BCUT2D eigenvalue weighted by atomic mass is 10.3.